The Hall–Kier alpha value is -3.03. The molecule has 4 rings (SSSR count). The first kappa shape index (κ1) is 19.3. The number of nitrogens with zero attached hydrogens (tertiary/aromatic N) is 2. The van der Waals surface area contributed by atoms with Crippen LogP contribution in [0.1, 0.15) is 12.6 Å². The summed E-state index contributed by atoms with van der Waals surface area (Å²) >= 11 is 2.92. The fourth-order valence-electron chi connectivity index (χ4n) is 2.84. The summed E-state index contributed by atoms with van der Waals surface area (Å²) in [5.74, 6) is 0.672. The summed E-state index contributed by atoms with van der Waals surface area (Å²) in [6, 6.07) is 17.7. The van der Waals surface area contributed by atoms with Crippen LogP contribution in [0.2, 0.25) is 0 Å². The molecule has 0 unspecified atom stereocenters. The first-order valence-corrected chi connectivity index (χ1v) is 11.0. The first-order chi connectivity index (χ1) is 14.2. The second-order valence-corrected chi connectivity index (χ2v) is 7.92. The third-order valence-corrected chi connectivity index (χ3v) is 5.81. The van der Waals surface area contributed by atoms with Crippen LogP contribution < -0.4 is 10.1 Å². The maximum absolute atomic E-state index is 12.4. The van der Waals surface area contributed by atoms with Crippen molar-refractivity contribution in [3.8, 4) is 27.6 Å². The van der Waals surface area contributed by atoms with Gasteiger partial charge in [0.2, 0.25) is 5.91 Å². The maximum Gasteiger partial charge on any atom is 0.232 e. The number of nitrogens with one attached hydrogen (secondary N) is 1. The van der Waals surface area contributed by atoms with Crippen molar-refractivity contribution in [1.82, 2.24) is 9.97 Å². The van der Waals surface area contributed by atoms with Crippen molar-refractivity contribution >= 4 is 33.7 Å². The first-order valence-electron chi connectivity index (χ1n) is 9.20. The number of aromatic nitrogens is 2. The quantitative estimate of drug-likeness (QED) is 0.427. The summed E-state index contributed by atoms with van der Waals surface area (Å²) < 4.78 is 5.68. The van der Waals surface area contributed by atoms with E-state index in [1.54, 1.807) is 0 Å². The molecule has 0 atom stereocenters. The number of thiazole rings is 2. The summed E-state index contributed by atoms with van der Waals surface area (Å²) in [7, 11) is 0. The predicted octanol–water partition coefficient (Wildman–Crippen LogP) is 5.51. The van der Waals surface area contributed by atoms with Gasteiger partial charge in [-0.05, 0) is 19.1 Å². The topological polar surface area (TPSA) is 64.1 Å². The molecule has 0 aliphatic carbocycles. The molecule has 0 saturated carbocycles. The Morgan fingerprint density at radius 3 is 2.62 bits per heavy atom. The average molecular weight is 422 g/mol. The smallest absolute Gasteiger partial charge is 0.232 e. The van der Waals surface area contributed by atoms with E-state index < -0.39 is 0 Å². The molecule has 0 aliphatic rings. The van der Waals surface area contributed by atoms with Crippen molar-refractivity contribution < 1.29 is 9.53 Å². The summed E-state index contributed by atoms with van der Waals surface area (Å²) in [5, 5.41) is 8.16. The van der Waals surface area contributed by atoms with Crippen molar-refractivity contribution in [2.75, 3.05) is 11.9 Å². The summed E-state index contributed by atoms with van der Waals surface area (Å²) in [4.78, 5) is 21.6. The third kappa shape index (κ3) is 4.70. The molecule has 0 saturated heterocycles. The van der Waals surface area contributed by atoms with Gasteiger partial charge in [-0.2, -0.15) is 0 Å². The highest BCUT2D eigenvalue weighted by atomic mass is 32.1. The second kappa shape index (κ2) is 8.98. The van der Waals surface area contributed by atoms with E-state index in [1.165, 1.54) is 22.7 Å². The fraction of sp³-hybridized carbons (Fsp3) is 0.136. The zero-order valence-electron chi connectivity index (χ0n) is 15.8. The van der Waals surface area contributed by atoms with Crippen LogP contribution in [0.5, 0.6) is 5.75 Å². The Kier molecular flexibility index (Phi) is 5.97. The molecule has 7 heteroatoms. The second-order valence-electron chi connectivity index (χ2n) is 6.20. The minimum Gasteiger partial charge on any atom is -0.493 e. The number of carbonyl (C=O) groups is 1. The number of ether oxygens (including phenoxy) is 1. The van der Waals surface area contributed by atoms with Crippen LogP contribution in [-0.4, -0.2) is 22.5 Å². The van der Waals surface area contributed by atoms with E-state index in [9.17, 15) is 4.79 Å². The number of amides is 1. The molecule has 0 radical (unpaired) electrons. The van der Waals surface area contributed by atoms with Gasteiger partial charge in [-0.15, -0.1) is 22.7 Å². The summed E-state index contributed by atoms with van der Waals surface area (Å²) in [6.07, 6.45) is 0.202. The summed E-state index contributed by atoms with van der Waals surface area (Å²) in [6.45, 7) is 2.55. The number of rotatable bonds is 7. The molecular weight excluding hydrogens is 402 g/mol. The Labute approximate surface area is 177 Å². The van der Waals surface area contributed by atoms with E-state index in [0.29, 0.717) is 11.7 Å². The van der Waals surface area contributed by atoms with Gasteiger partial charge in [-0.3, -0.25) is 4.79 Å². The lowest BCUT2D eigenvalue weighted by Gasteiger charge is -2.07. The lowest BCUT2D eigenvalue weighted by Crippen LogP contribution is -2.14. The van der Waals surface area contributed by atoms with Gasteiger partial charge in [0.25, 0.3) is 0 Å². The van der Waals surface area contributed by atoms with Crippen LogP contribution in [0.15, 0.2) is 65.4 Å². The van der Waals surface area contributed by atoms with E-state index in [-0.39, 0.29) is 12.3 Å². The van der Waals surface area contributed by atoms with Crippen molar-refractivity contribution in [2.24, 2.45) is 0 Å². The molecule has 2 aromatic carbocycles. The van der Waals surface area contributed by atoms with Crippen LogP contribution in [0.4, 0.5) is 5.13 Å². The van der Waals surface area contributed by atoms with Crippen LogP contribution in [0.25, 0.3) is 21.8 Å². The van der Waals surface area contributed by atoms with Gasteiger partial charge >= 0.3 is 0 Å². The average Bonchev–Trinajstić information content (AvgIpc) is 3.39. The molecule has 1 N–H and O–H groups in total. The third-order valence-electron chi connectivity index (χ3n) is 4.13. The molecule has 29 heavy (non-hydrogen) atoms. The lowest BCUT2D eigenvalue weighted by atomic mass is 10.2. The number of hydrogen-bond donors (Lipinski definition) is 1. The Morgan fingerprint density at radius 1 is 1.00 bits per heavy atom. The number of para-hydroxylation sites is 1. The minimum atomic E-state index is -0.131. The Balaban J connectivity index is 1.42. The molecule has 0 bridgehead atoms. The van der Waals surface area contributed by atoms with Crippen molar-refractivity contribution in [3.63, 3.8) is 0 Å². The maximum atomic E-state index is 12.4. The highest BCUT2D eigenvalue weighted by Gasteiger charge is 2.13. The SMILES string of the molecule is CCOc1ccccc1-c1nc(CC(=O)Nc2nc(-c3ccccc3)cs2)cs1. The zero-order chi connectivity index (χ0) is 20.1. The van der Waals surface area contributed by atoms with Crippen LogP contribution in [0.3, 0.4) is 0 Å². The molecule has 2 aromatic heterocycles. The zero-order valence-corrected chi connectivity index (χ0v) is 17.4. The van der Waals surface area contributed by atoms with Crippen molar-refractivity contribution in [1.29, 1.82) is 0 Å². The Morgan fingerprint density at radius 2 is 1.79 bits per heavy atom. The molecule has 0 spiro atoms. The van der Waals surface area contributed by atoms with Gasteiger partial charge in [0.15, 0.2) is 5.13 Å². The van der Waals surface area contributed by atoms with Gasteiger partial charge in [0.1, 0.15) is 10.8 Å². The molecule has 5 nitrogen and oxygen atoms in total. The lowest BCUT2D eigenvalue weighted by molar-refractivity contribution is -0.115. The van der Waals surface area contributed by atoms with Gasteiger partial charge in [0.05, 0.1) is 30.0 Å². The molecule has 1 amide bonds. The van der Waals surface area contributed by atoms with E-state index in [1.807, 2.05) is 72.3 Å². The van der Waals surface area contributed by atoms with Gasteiger partial charge in [-0.25, -0.2) is 9.97 Å². The minimum absolute atomic E-state index is 0.131. The van der Waals surface area contributed by atoms with Crippen LogP contribution in [0, 0.1) is 0 Å². The monoisotopic (exact) mass is 421 g/mol. The van der Waals surface area contributed by atoms with Gasteiger partial charge < -0.3 is 10.1 Å². The largest absolute Gasteiger partial charge is 0.493 e. The molecule has 2 heterocycles. The highest BCUT2D eigenvalue weighted by molar-refractivity contribution is 7.14. The van der Waals surface area contributed by atoms with Gasteiger partial charge in [0, 0.05) is 16.3 Å². The normalized spacial score (nSPS) is 10.7. The molecule has 146 valence electrons. The highest BCUT2D eigenvalue weighted by Crippen LogP contribution is 2.32. The summed E-state index contributed by atoms with van der Waals surface area (Å²) in [5.41, 5.74) is 3.56. The Bertz CT molecular complexity index is 1110. The van der Waals surface area contributed by atoms with Crippen molar-refractivity contribution in [3.05, 3.63) is 71.1 Å². The molecule has 4 aromatic rings. The number of anilines is 1. The number of carbonyl (C=O) groups excluding carboxylic acids is 1. The van der Waals surface area contributed by atoms with E-state index in [0.717, 1.165) is 33.3 Å². The van der Waals surface area contributed by atoms with E-state index in [4.69, 9.17) is 4.74 Å². The standard InChI is InChI=1S/C22H19N3O2S2/c1-2-27-19-11-7-6-10-17(19)21-23-16(13-28-21)12-20(26)25-22-24-18(14-29-22)15-8-4-3-5-9-15/h3-11,13-14H,2,12H2,1H3,(H,24,25,26). The van der Waals surface area contributed by atoms with E-state index in [2.05, 4.69) is 15.3 Å². The molecule has 0 fully saturated rings. The van der Waals surface area contributed by atoms with Crippen LogP contribution in [-0.2, 0) is 11.2 Å². The molecule has 0 aliphatic heterocycles. The number of benzene rings is 2. The predicted molar refractivity (Wildman–Crippen MR) is 119 cm³/mol. The van der Waals surface area contributed by atoms with E-state index >= 15 is 0 Å². The molecular formula is C22H19N3O2S2. The fourth-order valence-corrected chi connectivity index (χ4v) is 4.42. The number of hydrogen-bond acceptors (Lipinski definition) is 6. The van der Waals surface area contributed by atoms with Crippen molar-refractivity contribution in [2.45, 2.75) is 13.3 Å². The van der Waals surface area contributed by atoms with Crippen LogP contribution >= 0.6 is 22.7 Å². The van der Waals surface area contributed by atoms with Gasteiger partial charge in [-0.1, -0.05) is 42.5 Å².